The average Bonchev–Trinajstić information content (AvgIpc) is 2.32. The molecule has 2 heterocycles. The largest absolute Gasteiger partial charge is 0.390 e. The van der Waals surface area contributed by atoms with Crippen LogP contribution in [-0.2, 0) is 4.74 Å². The molecule has 1 aliphatic rings. The lowest BCUT2D eigenvalue weighted by molar-refractivity contribution is -0.0204. The van der Waals surface area contributed by atoms with Gasteiger partial charge in [0, 0.05) is 35.3 Å². The summed E-state index contributed by atoms with van der Waals surface area (Å²) in [6.07, 6.45) is 2.16. The van der Waals surface area contributed by atoms with Gasteiger partial charge in [-0.2, -0.15) is 0 Å². The minimum absolute atomic E-state index is 0.0998. The monoisotopic (exact) mass is 300 g/mol. The number of aliphatic hydroxyl groups is 1. The van der Waals surface area contributed by atoms with Crippen molar-refractivity contribution in [2.45, 2.75) is 25.4 Å². The smallest absolute Gasteiger partial charge is 0.129 e. The zero-order chi connectivity index (χ0) is 12.3. The first-order chi connectivity index (χ1) is 8.22. The van der Waals surface area contributed by atoms with E-state index in [-0.39, 0.29) is 5.92 Å². The maximum Gasteiger partial charge on any atom is 0.129 e. The summed E-state index contributed by atoms with van der Waals surface area (Å²) >= 11 is 3.43. The molecule has 2 rings (SSSR count). The summed E-state index contributed by atoms with van der Waals surface area (Å²) in [7, 11) is 0. The van der Waals surface area contributed by atoms with Gasteiger partial charge in [-0.3, -0.25) is 0 Å². The molecule has 1 saturated heterocycles. The number of pyridine rings is 1. The summed E-state index contributed by atoms with van der Waals surface area (Å²) in [5.74, 6) is 0.962. The summed E-state index contributed by atoms with van der Waals surface area (Å²) in [5, 5.41) is 13.2. The van der Waals surface area contributed by atoms with E-state index in [1.54, 1.807) is 6.20 Å². The molecule has 2 N–H and O–H groups in total. The molecule has 0 saturated carbocycles. The number of rotatable bonds is 3. The Morgan fingerprint density at radius 3 is 3.18 bits per heavy atom. The van der Waals surface area contributed by atoms with Crippen LogP contribution in [0.5, 0.6) is 0 Å². The number of hydrogen-bond donors (Lipinski definition) is 2. The molecule has 0 radical (unpaired) electrons. The standard InChI is InChI=1S/C12H17BrN2O2/c1-2-14-12-10(5-8(13)6-15-12)9-3-4-17-7-11(9)16/h5-6,9,11,16H,2-4,7H2,1H3,(H,14,15)/t9-,11+/m1/s1. The molecule has 94 valence electrons. The van der Waals surface area contributed by atoms with Gasteiger partial charge in [-0.25, -0.2) is 4.98 Å². The van der Waals surface area contributed by atoms with E-state index in [2.05, 4.69) is 26.2 Å². The third-order valence-corrected chi connectivity index (χ3v) is 3.39. The third kappa shape index (κ3) is 2.97. The lowest BCUT2D eigenvalue weighted by Gasteiger charge is -2.29. The number of nitrogens with one attached hydrogen (secondary N) is 1. The molecule has 2 atom stereocenters. The summed E-state index contributed by atoms with van der Waals surface area (Å²) in [6.45, 7) is 3.96. The van der Waals surface area contributed by atoms with Crippen molar-refractivity contribution in [2.75, 3.05) is 25.1 Å². The summed E-state index contributed by atoms with van der Waals surface area (Å²) in [5.41, 5.74) is 1.07. The van der Waals surface area contributed by atoms with Gasteiger partial charge in [-0.05, 0) is 35.3 Å². The Morgan fingerprint density at radius 1 is 1.65 bits per heavy atom. The maximum atomic E-state index is 10.0. The van der Waals surface area contributed by atoms with Gasteiger partial charge in [0.25, 0.3) is 0 Å². The minimum atomic E-state index is -0.447. The number of nitrogens with zero attached hydrogens (tertiary/aromatic N) is 1. The van der Waals surface area contributed by atoms with Crippen LogP contribution in [0.3, 0.4) is 0 Å². The van der Waals surface area contributed by atoms with Crippen molar-refractivity contribution in [3.63, 3.8) is 0 Å². The summed E-state index contributed by atoms with van der Waals surface area (Å²) in [4.78, 5) is 4.37. The zero-order valence-corrected chi connectivity index (χ0v) is 11.4. The van der Waals surface area contributed by atoms with Crippen LogP contribution in [-0.4, -0.2) is 36.0 Å². The fourth-order valence-electron chi connectivity index (χ4n) is 2.14. The number of anilines is 1. The van der Waals surface area contributed by atoms with E-state index in [9.17, 15) is 5.11 Å². The first-order valence-corrected chi connectivity index (χ1v) is 6.66. The fraction of sp³-hybridized carbons (Fsp3) is 0.583. The van der Waals surface area contributed by atoms with Gasteiger partial charge in [-0.15, -0.1) is 0 Å². The van der Waals surface area contributed by atoms with E-state index in [4.69, 9.17) is 4.74 Å². The molecule has 5 heteroatoms. The van der Waals surface area contributed by atoms with Crippen LogP contribution in [0.4, 0.5) is 5.82 Å². The molecule has 4 nitrogen and oxygen atoms in total. The van der Waals surface area contributed by atoms with Gasteiger partial charge in [0.1, 0.15) is 5.82 Å². The minimum Gasteiger partial charge on any atom is -0.390 e. The van der Waals surface area contributed by atoms with Crippen LogP contribution in [0.15, 0.2) is 16.7 Å². The maximum absolute atomic E-state index is 10.0. The van der Waals surface area contributed by atoms with Crippen molar-refractivity contribution in [1.29, 1.82) is 0 Å². The molecule has 0 aliphatic carbocycles. The van der Waals surface area contributed by atoms with Crippen molar-refractivity contribution < 1.29 is 9.84 Å². The fourth-order valence-corrected chi connectivity index (χ4v) is 2.49. The predicted molar refractivity (Wildman–Crippen MR) is 70.3 cm³/mol. The Labute approximate surface area is 110 Å². The highest BCUT2D eigenvalue weighted by Crippen LogP contribution is 2.33. The highest BCUT2D eigenvalue weighted by atomic mass is 79.9. The number of aromatic nitrogens is 1. The molecular weight excluding hydrogens is 284 g/mol. The van der Waals surface area contributed by atoms with Gasteiger partial charge >= 0.3 is 0 Å². The van der Waals surface area contributed by atoms with Crippen molar-refractivity contribution in [1.82, 2.24) is 4.98 Å². The predicted octanol–water partition coefficient (Wildman–Crippen LogP) is 2.14. The first kappa shape index (κ1) is 12.8. The van der Waals surface area contributed by atoms with Gasteiger partial charge in [0.05, 0.1) is 12.7 Å². The van der Waals surface area contributed by atoms with Gasteiger partial charge < -0.3 is 15.2 Å². The van der Waals surface area contributed by atoms with Crippen LogP contribution >= 0.6 is 15.9 Å². The Bertz CT molecular complexity index is 387. The number of hydrogen-bond acceptors (Lipinski definition) is 4. The molecule has 17 heavy (non-hydrogen) atoms. The molecule has 0 aromatic carbocycles. The molecule has 1 aliphatic heterocycles. The molecule has 1 fully saturated rings. The van der Waals surface area contributed by atoms with Crippen molar-refractivity contribution in [3.8, 4) is 0 Å². The molecule has 0 unspecified atom stereocenters. The van der Waals surface area contributed by atoms with Crippen molar-refractivity contribution in [3.05, 3.63) is 22.3 Å². The van der Waals surface area contributed by atoms with Gasteiger partial charge in [-0.1, -0.05) is 0 Å². The average molecular weight is 301 g/mol. The van der Waals surface area contributed by atoms with Crippen LogP contribution in [0.1, 0.15) is 24.8 Å². The number of ether oxygens (including phenoxy) is 1. The number of halogens is 1. The summed E-state index contributed by atoms with van der Waals surface area (Å²) < 4.78 is 6.20. The molecular formula is C12H17BrN2O2. The first-order valence-electron chi connectivity index (χ1n) is 5.87. The topological polar surface area (TPSA) is 54.4 Å². The van der Waals surface area contributed by atoms with Gasteiger partial charge in [0.15, 0.2) is 0 Å². The van der Waals surface area contributed by atoms with Crippen molar-refractivity contribution >= 4 is 21.7 Å². The Kier molecular flexibility index (Phi) is 4.36. The van der Waals surface area contributed by atoms with E-state index < -0.39 is 6.10 Å². The van der Waals surface area contributed by atoms with Crippen LogP contribution in [0.25, 0.3) is 0 Å². The highest BCUT2D eigenvalue weighted by Gasteiger charge is 2.27. The van der Waals surface area contributed by atoms with E-state index in [0.29, 0.717) is 13.2 Å². The van der Waals surface area contributed by atoms with E-state index >= 15 is 0 Å². The molecule has 1 aromatic heterocycles. The Morgan fingerprint density at radius 2 is 2.47 bits per heavy atom. The SMILES string of the molecule is CCNc1ncc(Br)cc1[C@H]1CCOC[C@@H]1O. The van der Waals surface area contributed by atoms with Crippen LogP contribution in [0, 0.1) is 0 Å². The second-order valence-corrected chi connectivity index (χ2v) is 5.07. The molecule has 0 spiro atoms. The summed E-state index contributed by atoms with van der Waals surface area (Å²) in [6, 6.07) is 2.03. The highest BCUT2D eigenvalue weighted by molar-refractivity contribution is 9.10. The number of aliphatic hydroxyl groups excluding tert-OH is 1. The van der Waals surface area contributed by atoms with E-state index in [0.717, 1.165) is 28.8 Å². The van der Waals surface area contributed by atoms with E-state index in [1.807, 2.05) is 13.0 Å². The van der Waals surface area contributed by atoms with Gasteiger partial charge in [0.2, 0.25) is 0 Å². The normalized spacial score (nSPS) is 24.6. The van der Waals surface area contributed by atoms with Crippen molar-refractivity contribution in [2.24, 2.45) is 0 Å². The second kappa shape index (κ2) is 5.80. The van der Waals surface area contributed by atoms with Crippen LogP contribution < -0.4 is 5.32 Å². The molecule has 0 bridgehead atoms. The van der Waals surface area contributed by atoms with E-state index in [1.165, 1.54) is 0 Å². The Balaban J connectivity index is 2.30. The zero-order valence-electron chi connectivity index (χ0n) is 9.82. The quantitative estimate of drug-likeness (QED) is 0.898. The molecule has 0 amide bonds. The van der Waals surface area contributed by atoms with Crippen LogP contribution in [0.2, 0.25) is 0 Å². The Hall–Kier alpha value is -0.650. The lowest BCUT2D eigenvalue weighted by Crippen LogP contribution is -2.31. The second-order valence-electron chi connectivity index (χ2n) is 4.16. The lowest BCUT2D eigenvalue weighted by atomic mass is 9.89. The third-order valence-electron chi connectivity index (χ3n) is 2.95. The molecule has 1 aromatic rings.